The van der Waals surface area contributed by atoms with Crippen LogP contribution in [-0.4, -0.2) is 66.8 Å². The lowest BCUT2D eigenvalue weighted by Crippen LogP contribution is -2.37. The third-order valence-electron chi connectivity index (χ3n) is 4.37. The van der Waals surface area contributed by atoms with E-state index < -0.39 is 9.84 Å². The molecule has 1 aromatic heterocycles. The third kappa shape index (κ3) is 5.28. The first-order valence-electron chi connectivity index (χ1n) is 7.98. The van der Waals surface area contributed by atoms with E-state index in [1.54, 1.807) is 12.4 Å². The van der Waals surface area contributed by atoms with E-state index in [1.165, 1.54) is 0 Å². The molecule has 1 saturated heterocycles. The van der Waals surface area contributed by atoms with Gasteiger partial charge in [0.2, 0.25) is 5.91 Å². The predicted molar refractivity (Wildman–Crippen MR) is 89.6 cm³/mol. The van der Waals surface area contributed by atoms with E-state index in [4.69, 9.17) is 0 Å². The minimum absolute atomic E-state index is 0.0445. The highest BCUT2D eigenvalue weighted by atomic mass is 32.2. The molecule has 1 amide bonds. The molecular formula is C16H25N3O3S. The van der Waals surface area contributed by atoms with Crippen LogP contribution >= 0.6 is 0 Å². The number of carbonyl (C=O) groups is 1. The van der Waals surface area contributed by atoms with Gasteiger partial charge >= 0.3 is 0 Å². The van der Waals surface area contributed by atoms with Crippen LogP contribution in [0.3, 0.4) is 0 Å². The van der Waals surface area contributed by atoms with E-state index in [1.807, 2.05) is 35.9 Å². The Morgan fingerprint density at radius 2 is 2.04 bits per heavy atom. The second-order valence-corrected chi connectivity index (χ2v) is 8.28. The van der Waals surface area contributed by atoms with Gasteiger partial charge in [0, 0.05) is 44.5 Å². The number of amides is 1. The number of hydrogen-bond donors (Lipinski definition) is 0. The zero-order valence-corrected chi connectivity index (χ0v) is 14.6. The normalized spacial score (nSPS) is 19.9. The Hall–Kier alpha value is -1.47. The highest BCUT2D eigenvalue weighted by Gasteiger charge is 2.30. The summed E-state index contributed by atoms with van der Waals surface area (Å²) < 4.78 is 23.1. The standard InChI is InChI=1S/C16H25N3O3S/c1-3-19(12-14-4-8-17-9-5-14)16(20)6-10-18(2)15-7-11-23(21,22)13-15/h4-5,8-9,15H,3,6-7,10-13H2,1-2H3. The van der Waals surface area contributed by atoms with Crippen LogP contribution in [0.15, 0.2) is 24.5 Å². The van der Waals surface area contributed by atoms with Crippen molar-refractivity contribution in [3.63, 3.8) is 0 Å². The van der Waals surface area contributed by atoms with E-state index in [0.717, 1.165) is 5.56 Å². The molecule has 0 aliphatic carbocycles. The number of nitrogens with zero attached hydrogens (tertiary/aromatic N) is 3. The number of hydrogen-bond acceptors (Lipinski definition) is 5. The monoisotopic (exact) mass is 339 g/mol. The minimum atomic E-state index is -2.88. The highest BCUT2D eigenvalue weighted by Crippen LogP contribution is 2.17. The van der Waals surface area contributed by atoms with Crippen molar-refractivity contribution in [3.05, 3.63) is 30.1 Å². The smallest absolute Gasteiger partial charge is 0.224 e. The van der Waals surface area contributed by atoms with Crippen LogP contribution < -0.4 is 0 Å². The fraction of sp³-hybridized carbons (Fsp3) is 0.625. The van der Waals surface area contributed by atoms with Crippen LogP contribution in [0.1, 0.15) is 25.3 Å². The largest absolute Gasteiger partial charge is 0.339 e. The fourth-order valence-electron chi connectivity index (χ4n) is 2.82. The first-order chi connectivity index (χ1) is 10.9. The van der Waals surface area contributed by atoms with Gasteiger partial charge < -0.3 is 9.80 Å². The molecule has 7 heteroatoms. The van der Waals surface area contributed by atoms with Crippen molar-refractivity contribution in [1.82, 2.24) is 14.8 Å². The zero-order valence-electron chi connectivity index (χ0n) is 13.8. The lowest BCUT2D eigenvalue weighted by molar-refractivity contribution is -0.132. The van der Waals surface area contributed by atoms with Crippen LogP contribution in [-0.2, 0) is 21.2 Å². The van der Waals surface area contributed by atoms with Crippen LogP contribution in [0.4, 0.5) is 0 Å². The number of aromatic nitrogens is 1. The second-order valence-electron chi connectivity index (χ2n) is 6.05. The molecule has 0 N–H and O–H groups in total. The number of sulfone groups is 1. The number of pyridine rings is 1. The summed E-state index contributed by atoms with van der Waals surface area (Å²) in [6.45, 7) is 3.79. The Labute approximate surface area is 138 Å². The molecule has 1 aliphatic heterocycles. The topological polar surface area (TPSA) is 70.6 Å². The maximum atomic E-state index is 12.4. The van der Waals surface area contributed by atoms with E-state index in [0.29, 0.717) is 32.5 Å². The summed E-state index contributed by atoms with van der Waals surface area (Å²) >= 11 is 0. The Bertz CT molecular complexity index is 619. The molecule has 6 nitrogen and oxygen atoms in total. The molecule has 0 spiro atoms. The maximum Gasteiger partial charge on any atom is 0.224 e. The summed E-state index contributed by atoms with van der Waals surface area (Å²) in [5.74, 6) is 0.572. The van der Waals surface area contributed by atoms with Crippen molar-refractivity contribution >= 4 is 15.7 Å². The van der Waals surface area contributed by atoms with Gasteiger partial charge in [0.25, 0.3) is 0 Å². The first kappa shape index (κ1) is 17.9. The zero-order chi connectivity index (χ0) is 16.9. The average Bonchev–Trinajstić information content (AvgIpc) is 2.91. The SMILES string of the molecule is CCN(Cc1ccncc1)C(=O)CCN(C)C1CCS(=O)(=O)C1. The minimum Gasteiger partial charge on any atom is -0.339 e. The molecule has 1 unspecified atom stereocenters. The van der Waals surface area contributed by atoms with Crippen molar-refractivity contribution in [2.75, 3.05) is 31.6 Å². The van der Waals surface area contributed by atoms with Gasteiger partial charge in [-0.25, -0.2) is 8.42 Å². The average molecular weight is 339 g/mol. The molecule has 1 aromatic rings. The van der Waals surface area contributed by atoms with Crippen molar-refractivity contribution in [1.29, 1.82) is 0 Å². The summed E-state index contributed by atoms with van der Waals surface area (Å²) in [7, 11) is -0.983. The van der Waals surface area contributed by atoms with Crippen molar-refractivity contribution < 1.29 is 13.2 Å². The molecule has 0 saturated carbocycles. The van der Waals surface area contributed by atoms with E-state index in [-0.39, 0.29) is 23.5 Å². The summed E-state index contributed by atoms with van der Waals surface area (Å²) in [5, 5.41) is 0. The number of rotatable bonds is 7. The molecule has 2 heterocycles. The Morgan fingerprint density at radius 3 is 2.61 bits per heavy atom. The summed E-state index contributed by atoms with van der Waals surface area (Å²) in [5.41, 5.74) is 1.06. The van der Waals surface area contributed by atoms with Gasteiger partial charge in [0.1, 0.15) is 0 Å². The molecule has 0 bridgehead atoms. The van der Waals surface area contributed by atoms with Gasteiger partial charge in [0.05, 0.1) is 11.5 Å². The first-order valence-corrected chi connectivity index (χ1v) is 9.81. The molecule has 23 heavy (non-hydrogen) atoms. The molecule has 0 aromatic carbocycles. The molecule has 128 valence electrons. The Kier molecular flexibility index (Phi) is 6.12. The summed E-state index contributed by atoms with van der Waals surface area (Å²) in [4.78, 5) is 20.2. The van der Waals surface area contributed by atoms with Gasteiger partial charge in [-0.3, -0.25) is 9.78 Å². The van der Waals surface area contributed by atoms with Crippen LogP contribution in [0, 0.1) is 0 Å². The van der Waals surface area contributed by atoms with Crippen LogP contribution in [0.25, 0.3) is 0 Å². The third-order valence-corrected chi connectivity index (χ3v) is 6.12. The fourth-order valence-corrected chi connectivity index (χ4v) is 4.63. The van der Waals surface area contributed by atoms with Crippen molar-refractivity contribution in [2.24, 2.45) is 0 Å². The summed E-state index contributed by atoms with van der Waals surface area (Å²) in [6.07, 6.45) is 4.53. The van der Waals surface area contributed by atoms with Crippen LogP contribution in [0.2, 0.25) is 0 Å². The molecular weight excluding hydrogens is 314 g/mol. The Balaban J connectivity index is 1.83. The van der Waals surface area contributed by atoms with Gasteiger partial charge in [-0.05, 0) is 38.1 Å². The van der Waals surface area contributed by atoms with E-state index in [2.05, 4.69) is 4.98 Å². The molecule has 1 fully saturated rings. The highest BCUT2D eigenvalue weighted by molar-refractivity contribution is 7.91. The van der Waals surface area contributed by atoms with E-state index in [9.17, 15) is 13.2 Å². The predicted octanol–water partition coefficient (Wildman–Crippen LogP) is 0.939. The van der Waals surface area contributed by atoms with E-state index >= 15 is 0 Å². The maximum absolute atomic E-state index is 12.4. The lowest BCUT2D eigenvalue weighted by atomic mass is 10.2. The van der Waals surface area contributed by atoms with Gasteiger partial charge in [0.15, 0.2) is 9.84 Å². The quantitative estimate of drug-likeness (QED) is 0.739. The molecule has 1 atom stereocenters. The number of carbonyl (C=O) groups excluding carboxylic acids is 1. The van der Waals surface area contributed by atoms with Crippen molar-refractivity contribution in [3.8, 4) is 0 Å². The van der Waals surface area contributed by atoms with Gasteiger partial charge in [-0.2, -0.15) is 0 Å². The molecule has 2 rings (SSSR count). The lowest BCUT2D eigenvalue weighted by Gasteiger charge is -2.25. The Morgan fingerprint density at radius 1 is 1.35 bits per heavy atom. The van der Waals surface area contributed by atoms with Gasteiger partial charge in [-0.1, -0.05) is 0 Å². The summed E-state index contributed by atoms with van der Waals surface area (Å²) in [6, 6.07) is 3.86. The van der Waals surface area contributed by atoms with Crippen molar-refractivity contribution in [2.45, 2.75) is 32.4 Å². The molecule has 0 radical (unpaired) electrons. The second kappa shape index (κ2) is 7.88. The van der Waals surface area contributed by atoms with Gasteiger partial charge in [-0.15, -0.1) is 0 Å². The molecule has 1 aliphatic rings. The van der Waals surface area contributed by atoms with Crippen LogP contribution in [0.5, 0.6) is 0 Å².